The van der Waals surface area contributed by atoms with Crippen LogP contribution in [0.1, 0.15) is 51.0 Å². The quantitative estimate of drug-likeness (QED) is 0.874. The Bertz CT molecular complexity index is 635. The minimum absolute atomic E-state index is 0.182. The molecule has 1 aromatic rings. The molecule has 3 fully saturated rings. The van der Waals surface area contributed by atoms with Crippen molar-refractivity contribution in [3.8, 4) is 5.75 Å². The number of rotatable bonds is 5. The molecule has 2 bridgehead atoms. The third-order valence-electron chi connectivity index (χ3n) is 7.22. The number of methoxy groups -OCH3 is 1. The Kier molecular flexibility index (Phi) is 4.96. The molecule has 3 aliphatic rings. The van der Waals surface area contributed by atoms with Gasteiger partial charge in [0.2, 0.25) is 5.91 Å². The largest absolute Gasteiger partial charge is 0.497 e. The highest BCUT2D eigenvalue weighted by molar-refractivity contribution is 5.88. The van der Waals surface area contributed by atoms with Gasteiger partial charge in [0.15, 0.2) is 0 Å². The van der Waals surface area contributed by atoms with Crippen LogP contribution in [0.3, 0.4) is 0 Å². The van der Waals surface area contributed by atoms with Crippen molar-refractivity contribution >= 4 is 5.91 Å². The molecule has 26 heavy (non-hydrogen) atoms. The Morgan fingerprint density at radius 3 is 2.50 bits per heavy atom. The number of nitrogens with one attached hydrogen (secondary N) is 1. The number of carbonyl (C=O) groups is 1. The Balaban J connectivity index is 1.52. The van der Waals surface area contributed by atoms with Crippen molar-refractivity contribution in [3.63, 3.8) is 0 Å². The van der Waals surface area contributed by atoms with Crippen molar-refractivity contribution in [1.29, 1.82) is 0 Å². The van der Waals surface area contributed by atoms with E-state index in [1.54, 1.807) is 7.11 Å². The van der Waals surface area contributed by atoms with Crippen molar-refractivity contribution < 1.29 is 14.3 Å². The average Bonchev–Trinajstić information content (AvgIpc) is 3.32. The van der Waals surface area contributed by atoms with E-state index in [0.717, 1.165) is 36.0 Å². The highest BCUT2D eigenvalue weighted by Gasteiger charge is 2.45. The van der Waals surface area contributed by atoms with Crippen LogP contribution in [0.5, 0.6) is 5.75 Å². The summed E-state index contributed by atoms with van der Waals surface area (Å²) in [6.07, 6.45) is 6.91. The summed E-state index contributed by atoms with van der Waals surface area (Å²) in [6.45, 7) is 3.49. The molecule has 4 heteroatoms. The highest BCUT2D eigenvalue weighted by Crippen LogP contribution is 2.49. The summed E-state index contributed by atoms with van der Waals surface area (Å²) in [5.74, 6) is 3.39. The number of benzene rings is 1. The first-order valence-electron chi connectivity index (χ1n) is 10.2. The van der Waals surface area contributed by atoms with Gasteiger partial charge in [-0.25, -0.2) is 0 Å². The predicted molar refractivity (Wildman–Crippen MR) is 101 cm³/mol. The Morgan fingerprint density at radius 2 is 1.92 bits per heavy atom. The predicted octanol–water partition coefficient (Wildman–Crippen LogP) is 3.68. The van der Waals surface area contributed by atoms with E-state index in [-0.39, 0.29) is 11.9 Å². The van der Waals surface area contributed by atoms with Gasteiger partial charge in [-0.3, -0.25) is 4.79 Å². The lowest BCUT2D eigenvalue weighted by Crippen LogP contribution is -2.52. The zero-order chi connectivity index (χ0) is 18.1. The number of hydrogen-bond acceptors (Lipinski definition) is 3. The van der Waals surface area contributed by atoms with Gasteiger partial charge in [0.1, 0.15) is 5.75 Å². The normalized spacial score (nSPS) is 30.8. The molecular weight excluding hydrogens is 326 g/mol. The van der Waals surface area contributed by atoms with Gasteiger partial charge in [0.05, 0.1) is 12.5 Å². The summed E-state index contributed by atoms with van der Waals surface area (Å²) in [6, 6.07) is 8.27. The third kappa shape index (κ3) is 3.13. The zero-order valence-corrected chi connectivity index (χ0v) is 16.0. The first-order valence-corrected chi connectivity index (χ1v) is 10.2. The van der Waals surface area contributed by atoms with Gasteiger partial charge in [-0.2, -0.15) is 0 Å². The minimum atomic E-state index is -0.476. The fourth-order valence-corrected chi connectivity index (χ4v) is 5.64. The van der Waals surface area contributed by atoms with Gasteiger partial charge in [0.25, 0.3) is 0 Å². The fourth-order valence-electron chi connectivity index (χ4n) is 5.64. The molecule has 2 saturated carbocycles. The molecule has 1 heterocycles. The van der Waals surface area contributed by atoms with Crippen LogP contribution < -0.4 is 10.1 Å². The van der Waals surface area contributed by atoms with Gasteiger partial charge in [-0.05, 0) is 74.5 Å². The topological polar surface area (TPSA) is 47.6 Å². The maximum Gasteiger partial charge on any atom is 0.231 e. The minimum Gasteiger partial charge on any atom is -0.497 e. The van der Waals surface area contributed by atoms with Crippen LogP contribution in [0.25, 0.3) is 0 Å². The van der Waals surface area contributed by atoms with E-state index in [0.29, 0.717) is 19.1 Å². The van der Waals surface area contributed by atoms with Crippen molar-refractivity contribution in [2.45, 2.75) is 56.9 Å². The molecule has 142 valence electrons. The van der Waals surface area contributed by atoms with Crippen LogP contribution in [0.15, 0.2) is 24.3 Å². The molecule has 4 nitrogen and oxygen atoms in total. The van der Waals surface area contributed by atoms with E-state index >= 15 is 0 Å². The summed E-state index contributed by atoms with van der Waals surface area (Å²) in [5.41, 5.74) is 0.607. The maximum absolute atomic E-state index is 13.5. The Labute approximate surface area is 156 Å². The molecule has 1 N–H and O–H groups in total. The average molecular weight is 357 g/mol. The van der Waals surface area contributed by atoms with Crippen LogP contribution in [-0.4, -0.2) is 32.3 Å². The molecule has 1 saturated heterocycles. The number of carbonyl (C=O) groups excluding carboxylic acids is 1. The second kappa shape index (κ2) is 7.22. The number of ether oxygens (including phenoxy) is 2. The SMILES string of the molecule is COc1ccc(C2(C(=O)N[C@H](C)[C@@H]3C[C@H]4CC[C@H]3C4)CCOCC2)cc1. The lowest BCUT2D eigenvalue weighted by atomic mass is 9.73. The zero-order valence-electron chi connectivity index (χ0n) is 16.0. The van der Waals surface area contributed by atoms with E-state index < -0.39 is 5.41 Å². The number of hydrogen-bond donors (Lipinski definition) is 1. The highest BCUT2D eigenvalue weighted by atomic mass is 16.5. The monoisotopic (exact) mass is 357 g/mol. The first-order chi connectivity index (χ1) is 12.6. The van der Waals surface area contributed by atoms with Gasteiger partial charge in [-0.15, -0.1) is 0 Å². The van der Waals surface area contributed by atoms with Gasteiger partial charge >= 0.3 is 0 Å². The molecule has 0 aromatic heterocycles. The number of amides is 1. The molecule has 0 spiro atoms. The maximum atomic E-state index is 13.5. The fraction of sp³-hybridized carbons (Fsp3) is 0.682. The second-order valence-corrected chi connectivity index (χ2v) is 8.52. The van der Waals surface area contributed by atoms with Crippen LogP contribution in [0.4, 0.5) is 0 Å². The summed E-state index contributed by atoms with van der Waals surface area (Å²) < 4.78 is 10.9. The van der Waals surface area contributed by atoms with Gasteiger partial charge < -0.3 is 14.8 Å². The van der Waals surface area contributed by atoms with E-state index in [1.165, 1.54) is 25.7 Å². The molecule has 1 amide bonds. The molecule has 1 aliphatic heterocycles. The molecule has 0 radical (unpaired) electrons. The molecule has 2 aliphatic carbocycles. The number of fused-ring (bicyclic) bond motifs is 2. The summed E-state index contributed by atoms with van der Waals surface area (Å²) >= 11 is 0. The molecule has 4 rings (SSSR count). The lowest BCUT2D eigenvalue weighted by molar-refractivity contribution is -0.131. The first kappa shape index (κ1) is 17.8. The van der Waals surface area contributed by atoms with Crippen LogP contribution in [-0.2, 0) is 14.9 Å². The van der Waals surface area contributed by atoms with Crippen LogP contribution in [0.2, 0.25) is 0 Å². The Morgan fingerprint density at radius 1 is 1.19 bits per heavy atom. The van der Waals surface area contributed by atoms with E-state index in [4.69, 9.17) is 9.47 Å². The second-order valence-electron chi connectivity index (χ2n) is 8.52. The van der Waals surface area contributed by atoms with Crippen molar-refractivity contribution in [2.75, 3.05) is 20.3 Å². The Hall–Kier alpha value is -1.55. The van der Waals surface area contributed by atoms with Crippen LogP contribution in [0, 0.1) is 17.8 Å². The molecular formula is C22H31NO3. The summed E-state index contributed by atoms with van der Waals surface area (Å²) in [5, 5.41) is 3.42. The van der Waals surface area contributed by atoms with Crippen molar-refractivity contribution in [1.82, 2.24) is 5.32 Å². The summed E-state index contributed by atoms with van der Waals surface area (Å²) in [7, 11) is 1.67. The van der Waals surface area contributed by atoms with E-state index in [9.17, 15) is 4.79 Å². The molecule has 1 aromatic carbocycles. The lowest BCUT2D eigenvalue weighted by Gasteiger charge is -2.38. The smallest absolute Gasteiger partial charge is 0.231 e. The standard InChI is InChI=1S/C22H31NO3/c1-15(20-14-16-3-4-17(20)13-16)23-21(24)22(9-11-26-12-10-22)18-5-7-19(25-2)8-6-18/h5-8,15-17,20H,3-4,9-14H2,1-2H3,(H,23,24)/t15-,16+,17+,20+/m1/s1. The summed E-state index contributed by atoms with van der Waals surface area (Å²) in [4.78, 5) is 13.5. The molecule has 0 unspecified atom stereocenters. The molecule has 4 atom stereocenters. The van der Waals surface area contributed by atoms with Gasteiger partial charge in [0, 0.05) is 19.3 Å². The van der Waals surface area contributed by atoms with E-state index in [2.05, 4.69) is 12.2 Å². The van der Waals surface area contributed by atoms with Crippen molar-refractivity contribution in [3.05, 3.63) is 29.8 Å². The van der Waals surface area contributed by atoms with Crippen molar-refractivity contribution in [2.24, 2.45) is 17.8 Å². The third-order valence-corrected chi connectivity index (χ3v) is 7.22. The van der Waals surface area contributed by atoms with E-state index in [1.807, 2.05) is 24.3 Å². The van der Waals surface area contributed by atoms with Gasteiger partial charge in [-0.1, -0.05) is 18.6 Å². The van der Waals surface area contributed by atoms with Crippen LogP contribution >= 0.6 is 0 Å².